The molecule has 0 aliphatic carbocycles. The highest BCUT2D eigenvalue weighted by molar-refractivity contribution is 6.31. The van der Waals surface area contributed by atoms with Crippen molar-refractivity contribution in [3.05, 3.63) is 64.7 Å². The summed E-state index contributed by atoms with van der Waals surface area (Å²) < 4.78 is 13.2. The van der Waals surface area contributed by atoms with Crippen molar-refractivity contribution in [1.82, 2.24) is 10.4 Å². The first-order chi connectivity index (χ1) is 9.19. The molecule has 1 atom stereocenters. The number of aromatic nitrogens is 1. The molecule has 1 aromatic carbocycles. The number of halogens is 2. The Balaban J connectivity index is 2.09. The molecule has 3 N–H and O–H groups in total. The molecule has 0 radical (unpaired) electrons. The Morgan fingerprint density at radius 1 is 1.21 bits per heavy atom. The maximum absolute atomic E-state index is 13.2. The van der Waals surface area contributed by atoms with E-state index >= 15 is 0 Å². The second kappa shape index (κ2) is 6.61. The normalized spacial score (nSPS) is 12.4. The number of benzene rings is 1. The molecule has 3 nitrogen and oxygen atoms in total. The number of hydrazine groups is 1. The molecule has 2 aromatic rings. The van der Waals surface area contributed by atoms with Gasteiger partial charge in [-0.15, -0.1) is 0 Å². The molecule has 0 aliphatic rings. The number of nitrogens with two attached hydrogens (primary N) is 1. The maximum atomic E-state index is 13.2. The van der Waals surface area contributed by atoms with Gasteiger partial charge in [0.25, 0.3) is 0 Å². The zero-order chi connectivity index (χ0) is 13.7. The van der Waals surface area contributed by atoms with Crippen LogP contribution in [-0.4, -0.2) is 11.0 Å². The largest absolute Gasteiger partial charge is 0.271 e. The first-order valence-electron chi connectivity index (χ1n) is 5.98. The van der Waals surface area contributed by atoms with E-state index in [2.05, 4.69) is 10.4 Å². The molecule has 5 heteroatoms. The van der Waals surface area contributed by atoms with Crippen LogP contribution >= 0.6 is 11.6 Å². The Bertz CT molecular complexity index is 533. The third-order valence-corrected chi connectivity index (χ3v) is 3.31. The van der Waals surface area contributed by atoms with E-state index in [1.165, 1.54) is 12.1 Å². The summed E-state index contributed by atoms with van der Waals surface area (Å²) in [7, 11) is 0. The SMILES string of the molecule is NNC(Cc1ccncc1)Cc1cc(F)ccc1Cl. The van der Waals surface area contributed by atoms with E-state index in [9.17, 15) is 4.39 Å². The van der Waals surface area contributed by atoms with Gasteiger partial charge in [0.05, 0.1) is 0 Å². The molecule has 2 rings (SSSR count). The summed E-state index contributed by atoms with van der Waals surface area (Å²) >= 11 is 6.05. The summed E-state index contributed by atoms with van der Waals surface area (Å²) in [6.45, 7) is 0. The zero-order valence-electron chi connectivity index (χ0n) is 10.3. The van der Waals surface area contributed by atoms with Crippen LogP contribution in [0.15, 0.2) is 42.7 Å². The van der Waals surface area contributed by atoms with Crippen LogP contribution in [0.5, 0.6) is 0 Å². The molecule has 1 heterocycles. The van der Waals surface area contributed by atoms with Crippen LogP contribution in [0.3, 0.4) is 0 Å². The van der Waals surface area contributed by atoms with Crippen LogP contribution in [-0.2, 0) is 12.8 Å². The lowest BCUT2D eigenvalue weighted by molar-refractivity contribution is 0.520. The van der Waals surface area contributed by atoms with Crippen molar-refractivity contribution in [1.29, 1.82) is 0 Å². The van der Waals surface area contributed by atoms with Gasteiger partial charge in [-0.1, -0.05) is 11.6 Å². The van der Waals surface area contributed by atoms with E-state index in [-0.39, 0.29) is 11.9 Å². The predicted octanol–water partition coefficient (Wildman–Crippen LogP) is 2.49. The van der Waals surface area contributed by atoms with E-state index < -0.39 is 0 Å². The molecule has 0 saturated carbocycles. The molecule has 0 bridgehead atoms. The number of nitrogens with zero attached hydrogens (tertiary/aromatic N) is 1. The summed E-state index contributed by atoms with van der Waals surface area (Å²) in [6, 6.07) is 8.20. The number of hydrogen-bond donors (Lipinski definition) is 2. The lowest BCUT2D eigenvalue weighted by Gasteiger charge is -2.16. The topological polar surface area (TPSA) is 50.9 Å². The van der Waals surface area contributed by atoms with Gasteiger partial charge in [0.1, 0.15) is 5.82 Å². The molecule has 0 fully saturated rings. The van der Waals surface area contributed by atoms with Crippen LogP contribution < -0.4 is 11.3 Å². The lowest BCUT2D eigenvalue weighted by atomic mass is 10.00. The number of nitrogens with one attached hydrogen (secondary N) is 1. The molecule has 1 unspecified atom stereocenters. The maximum Gasteiger partial charge on any atom is 0.123 e. The van der Waals surface area contributed by atoms with Gasteiger partial charge >= 0.3 is 0 Å². The van der Waals surface area contributed by atoms with Gasteiger partial charge in [-0.25, -0.2) is 4.39 Å². The monoisotopic (exact) mass is 279 g/mol. The van der Waals surface area contributed by atoms with Crippen molar-refractivity contribution in [2.75, 3.05) is 0 Å². The van der Waals surface area contributed by atoms with Gasteiger partial charge in [0, 0.05) is 23.5 Å². The minimum atomic E-state index is -0.293. The van der Waals surface area contributed by atoms with Crippen molar-refractivity contribution < 1.29 is 4.39 Å². The van der Waals surface area contributed by atoms with Gasteiger partial charge < -0.3 is 0 Å². The zero-order valence-corrected chi connectivity index (χ0v) is 11.1. The van der Waals surface area contributed by atoms with Crippen LogP contribution in [0.2, 0.25) is 5.02 Å². The second-order valence-electron chi connectivity index (χ2n) is 4.36. The molecular formula is C14H15ClFN3. The van der Waals surface area contributed by atoms with Crippen LogP contribution in [0.4, 0.5) is 4.39 Å². The van der Waals surface area contributed by atoms with E-state index in [1.54, 1.807) is 18.5 Å². The molecule has 19 heavy (non-hydrogen) atoms. The summed E-state index contributed by atoms with van der Waals surface area (Å²) in [6.07, 6.45) is 4.76. The number of pyridine rings is 1. The minimum absolute atomic E-state index is 0.0123. The quantitative estimate of drug-likeness (QED) is 0.653. The Morgan fingerprint density at radius 3 is 2.63 bits per heavy atom. The number of rotatable bonds is 5. The second-order valence-corrected chi connectivity index (χ2v) is 4.77. The average molecular weight is 280 g/mol. The van der Waals surface area contributed by atoms with Gasteiger partial charge in [0.15, 0.2) is 0 Å². The summed E-state index contributed by atoms with van der Waals surface area (Å²) in [5.41, 5.74) is 4.61. The molecule has 0 amide bonds. The smallest absolute Gasteiger partial charge is 0.123 e. The highest BCUT2D eigenvalue weighted by atomic mass is 35.5. The van der Waals surface area contributed by atoms with Gasteiger partial charge in [-0.05, 0) is 54.3 Å². The molecule has 0 spiro atoms. The third kappa shape index (κ3) is 3.99. The summed E-state index contributed by atoms with van der Waals surface area (Å²) in [4.78, 5) is 3.97. The fourth-order valence-electron chi connectivity index (χ4n) is 1.96. The first-order valence-corrected chi connectivity index (χ1v) is 6.36. The van der Waals surface area contributed by atoms with Crippen molar-refractivity contribution in [2.24, 2.45) is 5.84 Å². The van der Waals surface area contributed by atoms with E-state index in [0.29, 0.717) is 11.4 Å². The van der Waals surface area contributed by atoms with Crippen molar-refractivity contribution in [2.45, 2.75) is 18.9 Å². The van der Waals surface area contributed by atoms with E-state index in [0.717, 1.165) is 17.5 Å². The lowest BCUT2D eigenvalue weighted by Crippen LogP contribution is -2.38. The molecule has 1 aromatic heterocycles. The van der Waals surface area contributed by atoms with Gasteiger partial charge in [-0.2, -0.15) is 0 Å². The van der Waals surface area contributed by atoms with E-state index in [4.69, 9.17) is 17.4 Å². The first kappa shape index (κ1) is 13.9. The molecular weight excluding hydrogens is 265 g/mol. The van der Waals surface area contributed by atoms with Gasteiger partial charge in [-0.3, -0.25) is 16.3 Å². The molecule has 0 saturated heterocycles. The highest BCUT2D eigenvalue weighted by Gasteiger charge is 2.12. The van der Waals surface area contributed by atoms with Crippen LogP contribution in [0.25, 0.3) is 0 Å². The van der Waals surface area contributed by atoms with Gasteiger partial charge in [0.2, 0.25) is 0 Å². The Labute approximate surface area is 116 Å². The fourth-order valence-corrected chi connectivity index (χ4v) is 2.15. The third-order valence-electron chi connectivity index (χ3n) is 2.94. The van der Waals surface area contributed by atoms with E-state index in [1.807, 2.05) is 12.1 Å². The average Bonchev–Trinajstić information content (AvgIpc) is 2.43. The van der Waals surface area contributed by atoms with Crippen molar-refractivity contribution in [3.63, 3.8) is 0 Å². The minimum Gasteiger partial charge on any atom is -0.271 e. The van der Waals surface area contributed by atoms with Crippen molar-refractivity contribution in [3.8, 4) is 0 Å². The predicted molar refractivity (Wildman–Crippen MR) is 74.2 cm³/mol. The van der Waals surface area contributed by atoms with Crippen LogP contribution in [0, 0.1) is 5.82 Å². The summed E-state index contributed by atoms with van der Waals surface area (Å²) in [5, 5.41) is 0.552. The Hall–Kier alpha value is -1.49. The van der Waals surface area contributed by atoms with Crippen molar-refractivity contribution >= 4 is 11.6 Å². The number of hydrogen-bond acceptors (Lipinski definition) is 3. The molecule has 0 aliphatic heterocycles. The molecule has 100 valence electrons. The van der Waals surface area contributed by atoms with Crippen LogP contribution in [0.1, 0.15) is 11.1 Å². The summed E-state index contributed by atoms with van der Waals surface area (Å²) in [5.74, 6) is 5.26. The standard InChI is InChI=1S/C14H15ClFN3/c15-14-2-1-12(16)8-11(14)9-13(19-17)7-10-3-5-18-6-4-10/h1-6,8,13,19H,7,9,17H2. The Morgan fingerprint density at radius 2 is 1.95 bits per heavy atom. The highest BCUT2D eigenvalue weighted by Crippen LogP contribution is 2.19. The Kier molecular flexibility index (Phi) is 4.85. The fraction of sp³-hybridized carbons (Fsp3) is 0.214.